The number of rotatable bonds is 6. The number of ether oxygens (including phenoxy) is 2. The van der Waals surface area contributed by atoms with E-state index in [-0.39, 0.29) is 5.57 Å². The Labute approximate surface area is 222 Å². The van der Waals surface area contributed by atoms with E-state index in [4.69, 9.17) is 30.6 Å². The summed E-state index contributed by atoms with van der Waals surface area (Å²) in [5, 5.41) is 47.3. The van der Waals surface area contributed by atoms with Crippen molar-refractivity contribution in [1.29, 1.82) is 0 Å². The van der Waals surface area contributed by atoms with Gasteiger partial charge in [0.15, 0.2) is 0 Å². The van der Waals surface area contributed by atoms with E-state index in [1.807, 2.05) is 0 Å². The summed E-state index contributed by atoms with van der Waals surface area (Å²) in [6.45, 7) is 2.75. The molecule has 216 valence electrons. The van der Waals surface area contributed by atoms with Gasteiger partial charge in [0, 0.05) is 59.8 Å². The maximum atomic E-state index is 10.3. The molecule has 2 aliphatic rings. The number of hydrogen-bond acceptors (Lipinski definition) is 12. The van der Waals surface area contributed by atoms with Gasteiger partial charge in [0.2, 0.25) is 0 Å². The lowest BCUT2D eigenvalue weighted by atomic mass is 10.3. The Kier molecular flexibility index (Phi) is 20.1. The highest BCUT2D eigenvalue weighted by molar-refractivity contribution is 6.08. The van der Waals surface area contributed by atoms with E-state index in [9.17, 15) is 47.9 Å². The van der Waals surface area contributed by atoms with Gasteiger partial charge >= 0.3 is 59.7 Å². The molecule has 0 saturated carbocycles. The molecule has 40 heavy (non-hydrogen) atoms. The van der Waals surface area contributed by atoms with Gasteiger partial charge in [0.1, 0.15) is 0 Å². The first kappa shape index (κ1) is 38.3. The third kappa shape index (κ3) is 28.0. The summed E-state index contributed by atoms with van der Waals surface area (Å²) in [5.41, 5.74) is 0.192. The van der Waals surface area contributed by atoms with Crippen LogP contribution >= 0.6 is 0 Å². The Morgan fingerprint density at radius 1 is 0.600 bits per heavy atom. The standard InChI is InChI=1S/C5H6O4.C5H4O3.2C4H4O4.C4H2O3/c1-3(5(8)9)2-4(6)7;1-3-2-4(6)8-5(3)7;2*5-3(6)1-2-4(7)8;5-3-1-2-4(6)7-3/h2H,1H3,(H,6,7)(H,8,9);2H,1H3;2*1-2H,(H,5,6)(H,7,8);1-2H/b3-2-;;2-1+;2-1-;. The van der Waals surface area contributed by atoms with Gasteiger partial charge < -0.3 is 40.1 Å². The van der Waals surface area contributed by atoms with Crippen LogP contribution in [0.2, 0.25) is 0 Å². The summed E-state index contributed by atoms with van der Waals surface area (Å²) >= 11 is 0. The zero-order valence-electron chi connectivity index (χ0n) is 20.2. The van der Waals surface area contributed by atoms with Crippen molar-refractivity contribution in [2.45, 2.75) is 13.8 Å². The number of carbonyl (C=O) groups is 10. The van der Waals surface area contributed by atoms with Crippen LogP contribution in [-0.2, 0) is 57.4 Å². The first-order valence-corrected chi connectivity index (χ1v) is 9.59. The van der Waals surface area contributed by atoms with Crippen LogP contribution in [0.4, 0.5) is 0 Å². The van der Waals surface area contributed by atoms with Crippen LogP contribution in [-0.4, -0.2) is 90.3 Å². The molecule has 0 amide bonds. The molecular formula is C22H20O18. The van der Waals surface area contributed by atoms with Crippen LogP contribution in [0.3, 0.4) is 0 Å². The SMILES string of the molecule is C/C(=C/C(=O)O)C(=O)O.CC1=CC(=O)OC1=O.O=C(O)/C=C/C(=O)O.O=C(O)/C=C\C(=O)O.O=C1C=CC(=O)O1. The van der Waals surface area contributed by atoms with Crippen molar-refractivity contribution in [1.82, 2.24) is 0 Å². The van der Waals surface area contributed by atoms with Gasteiger partial charge in [-0.25, -0.2) is 47.9 Å². The van der Waals surface area contributed by atoms with E-state index in [0.717, 1.165) is 12.2 Å². The molecule has 0 aliphatic carbocycles. The Bertz CT molecular complexity index is 1110. The van der Waals surface area contributed by atoms with Crippen LogP contribution in [0.1, 0.15) is 13.8 Å². The molecule has 6 N–H and O–H groups in total. The Morgan fingerprint density at radius 2 is 0.950 bits per heavy atom. The number of cyclic esters (lactones) is 4. The summed E-state index contributed by atoms with van der Waals surface area (Å²) in [5.74, 6) is -9.73. The second kappa shape index (κ2) is 20.9. The number of esters is 4. The van der Waals surface area contributed by atoms with Crippen molar-refractivity contribution < 1.29 is 88.1 Å². The van der Waals surface area contributed by atoms with E-state index >= 15 is 0 Å². The number of carboxylic acids is 6. The minimum absolute atomic E-state index is 0.178. The predicted octanol–water partition coefficient (Wildman–Crippen LogP) is -0.832. The lowest BCUT2D eigenvalue weighted by Crippen LogP contribution is -1.99. The summed E-state index contributed by atoms with van der Waals surface area (Å²) in [6, 6.07) is 0. The summed E-state index contributed by atoms with van der Waals surface area (Å²) < 4.78 is 8.08. The molecule has 0 radical (unpaired) electrons. The second-order valence-electron chi connectivity index (χ2n) is 6.10. The fourth-order valence-electron chi connectivity index (χ4n) is 1.27. The maximum Gasteiger partial charge on any atom is 0.341 e. The Balaban J connectivity index is -0.000000428. The van der Waals surface area contributed by atoms with E-state index in [2.05, 4.69) is 9.47 Å². The van der Waals surface area contributed by atoms with Crippen LogP contribution in [0.15, 0.2) is 59.8 Å². The molecule has 0 bridgehead atoms. The number of hydrogen-bond donors (Lipinski definition) is 6. The lowest BCUT2D eigenvalue weighted by Gasteiger charge is -1.86. The average Bonchev–Trinajstić information content (AvgIpc) is 3.33. The zero-order chi connectivity index (χ0) is 32.0. The van der Waals surface area contributed by atoms with Crippen molar-refractivity contribution >= 4 is 59.7 Å². The smallest absolute Gasteiger partial charge is 0.341 e. The van der Waals surface area contributed by atoms with Crippen molar-refractivity contribution in [3.8, 4) is 0 Å². The number of carbonyl (C=O) groups excluding carboxylic acids is 4. The highest BCUT2D eigenvalue weighted by atomic mass is 16.6. The molecule has 2 heterocycles. The zero-order valence-corrected chi connectivity index (χ0v) is 20.2. The molecule has 0 unspecified atom stereocenters. The van der Waals surface area contributed by atoms with Gasteiger partial charge in [-0.3, -0.25) is 0 Å². The van der Waals surface area contributed by atoms with Crippen LogP contribution in [0.25, 0.3) is 0 Å². The van der Waals surface area contributed by atoms with Gasteiger partial charge in [0.25, 0.3) is 0 Å². The fraction of sp³-hybridized carbons (Fsp3) is 0.0909. The number of aliphatic carboxylic acids is 6. The van der Waals surface area contributed by atoms with Crippen LogP contribution in [0.5, 0.6) is 0 Å². The van der Waals surface area contributed by atoms with Gasteiger partial charge in [-0.05, 0) is 13.8 Å². The third-order valence-corrected chi connectivity index (χ3v) is 2.82. The average molecular weight is 572 g/mol. The minimum Gasteiger partial charge on any atom is -0.478 e. The molecule has 0 fully saturated rings. The van der Waals surface area contributed by atoms with E-state index < -0.39 is 59.7 Å². The van der Waals surface area contributed by atoms with Crippen molar-refractivity contribution in [2.24, 2.45) is 0 Å². The van der Waals surface area contributed by atoms with E-state index in [0.29, 0.717) is 36.0 Å². The van der Waals surface area contributed by atoms with Crippen molar-refractivity contribution in [3.63, 3.8) is 0 Å². The molecule has 0 atom stereocenters. The quantitative estimate of drug-likeness (QED) is 0.128. The molecular weight excluding hydrogens is 552 g/mol. The summed E-state index contributed by atoms with van der Waals surface area (Å²) in [7, 11) is 0. The maximum absolute atomic E-state index is 10.3. The molecule has 18 nitrogen and oxygen atoms in total. The van der Waals surface area contributed by atoms with Gasteiger partial charge in [-0.15, -0.1) is 0 Å². The van der Waals surface area contributed by atoms with Crippen molar-refractivity contribution in [3.05, 3.63) is 59.8 Å². The van der Waals surface area contributed by atoms with Gasteiger partial charge in [0.05, 0.1) is 0 Å². The van der Waals surface area contributed by atoms with Crippen LogP contribution < -0.4 is 0 Å². The molecule has 2 aliphatic heterocycles. The Morgan fingerprint density at radius 3 is 1.05 bits per heavy atom. The minimum atomic E-state index is -1.26. The second-order valence-corrected chi connectivity index (χ2v) is 6.10. The van der Waals surface area contributed by atoms with Crippen LogP contribution in [0, 0.1) is 0 Å². The molecule has 0 aromatic heterocycles. The topological polar surface area (TPSA) is 311 Å². The third-order valence-electron chi connectivity index (χ3n) is 2.82. The largest absolute Gasteiger partial charge is 0.478 e. The highest BCUT2D eigenvalue weighted by Crippen LogP contribution is 2.04. The van der Waals surface area contributed by atoms with Gasteiger partial charge in [-0.2, -0.15) is 0 Å². The first-order valence-electron chi connectivity index (χ1n) is 9.59. The molecule has 0 aromatic carbocycles. The highest BCUT2D eigenvalue weighted by Gasteiger charge is 2.18. The molecule has 18 heteroatoms. The monoisotopic (exact) mass is 572 g/mol. The van der Waals surface area contributed by atoms with Gasteiger partial charge in [-0.1, -0.05) is 0 Å². The summed E-state index contributed by atoms with van der Waals surface area (Å²) in [4.78, 5) is 98.2. The molecule has 0 spiro atoms. The van der Waals surface area contributed by atoms with Crippen molar-refractivity contribution in [2.75, 3.05) is 0 Å². The molecule has 0 saturated heterocycles. The normalized spacial score (nSPS) is 13.1. The Hall–Kier alpha value is -6.20. The fourth-order valence-corrected chi connectivity index (χ4v) is 1.27. The molecule has 0 aromatic rings. The summed E-state index contributed by atoms with van der Waals surface area (Å²) in [6.07, 6.45) is 6.21. The van der Waals surface area contributed by atoms with E-state index in [1.54, 1.807) is 0 Å². The van der Waals surface area contributed by atoms with E-state index in [1.165, 1.54) is 19.9 Å². The lowest BCUT2D eigenvalue weighted by molar-refractivity contribution is -0.152. The first-order chi connectivity index (χ1) is 18.3. The molecule has 2 rings (SSSR count). The number of carboxylic acid groups (broad SMARTS) is 6. The predicted molar refractivity (Wildman–Crippen MR) is 123 cm³/mol.